The summed E-state index contributed by atoms with van der Waals surface area (Å²) < 4.78 is 0. The number of rotatable bonds is 20. The lowest BCUT2D eigenvalue weighted by Crippen LogP contribution is -2.60. The first-order valence-corrected chi connectivity index (χ1v) is 19.6. The highest BCUT2D eigenvalue weighted by Gasteiger charge is 2.43. The standard InChI is InChI=1S/C31H52N8O9S3/c1-17(2)12-19(36-27(43)20(15-49)35-24(40)13-32)26(42)37-21(16-50)29(45)39-10-5-7-23(39)30(46)38-9-4-6-22(38)28(44)33-14-25(41)34-18(31(47)48)8-11-51-3/h17-23,49-50H,4-16,32H2,1-3H3,(H,33,44)(H,34,41)(H,35,40)(H,36,43)(H,37,42)(H,47,48)/t18-,19-,20-,21-,22-,23-/m0/s1. The molecule has 0 radical (unpaired) electrons. The van der Waals surface area contributed by atoms with E-state index in [0.717, 1.165) is 0 Å². The Balaban J connectivity index is 2.08. The molecule has 0 saturated carbocycles. The minimum Gasteiger partial charge on any atom is -0.480 e. The lowest BCUT2D eigenvalue weighted by molar-refractivity contribution is -0.147. The van der Waals surface area contributed by atoms with Crippen molar-refractivity contribution in [3.05, 3.63) is 0 Å². The van der Waals surface area contributed by atoms with Crippen LogP contribution in [0.2, 0.25) is 0 Å². The van der Waals surface area contributed by atoms with Gasteiger partial charge in [-0.2, -0.15) is 37.0 Å². The van der Waals surface area contributed by atoms with Crippen molar-refractivity contribution in [1.82, 2.24) is 36.4 Å². The second kappa shape index (κ2) is 22.0. The average Bonchev–Trinajstić information content (AvgIpc) is 3.79. The van der Waals surface area contributed by atoms with Gasteiger partial charge >= 0.3 is 5.97 Å². The molecule has 2 rings (SSSR count). The van der Waals surface area contributed by atoms with Crippen LogP contribution in [0.25, 0.3) is 0 Å². The van der Waals surface area contributed by atoms with Gasteiger partial charge in [-0.1, -0.05) is 13.8 Å². The number of nitrogens with one attached hydrogen (secondary N) is 5. The molecule has 0 bridgehead atoms. The monoisotopic (exact) mass is 776 g/mol. The number of likely N-dealkylation sites (tertiary alicyclic amines) is 2. The van der Waals surface area contributed by atoms with Crippen LogP contribution in [-0.2, 0) is 38.4 Å². The third kappa shape index (κ3) is 13.4. The summed E-state index contributed by atoms with van der Waals surface area (Å²) in [4.78, 5) is 105. The number of thioether (sulfide) groups is 1. The fraction of sp³-hybridized carbons (Fsp3) is 0.742. The second-order valence-electron chi connectivity index (χ2n) is 12.8. The number of nitrogens with zero attached hydrogens (tertiary/aromatic N) is 2. The SMILES string of the molecule is CSCC[C@H](NC(=O)CNC(=O)[C@@H]1CCCN1C(=O)[C@@H]1CCCN1C(=O)[C@H](CS)NC(=O)[C@H](CC(C)C)NC(=O)[C@H](CS)NC(=O)CN)C(=O)O. The van der Waals surface area contributed by atoms with Gasteiger partial charge < -0.3 is 47.2 Å². The van der Waals surface area contributed by atoms with Gasteiger partial charge in [0.2, 0.25) is 41.4 Å². The molecule has 0 aromatic rings. The van der Waals surface area contributed by atoms with Crippen LogP contribution in [0, 0.1) is 5.92 Å². The third-order valence-corrected chi connectivity index (χ3v) is 9.86. The van der Waals surface area contributed by atoms with Crippen molar-refractivity contribution in [2.24, 2.45) is 11.7 Å². The van der Waals surface area contributed by atoms with Crippen molar-refractivity contribution in [3.8, 4) is 0 Å². The van der Waals surface area contributed by atoms with E-state index in [1.54, 1.807) is 0 Å². The predicted molar refractivity (Wildman–Crippen MR) is 197 cm³/mol. The van der Waals surface area contributed by atoms with Gasteiger partial charge in [-0.05, 0) is 56.5 Å². The number of carbonyl (C=O) groups excluding carboxylic acids is 7. The number of hydrogen-bond donors (Lipinski definition) is 9. The molecule has 0 unspecified atom stereocenters. The van der Waals surface area contributed by atoms with Crippen molar-refractivity contribution in [1.29, 1.82) is 0 Å². The molecule has 2 aliphatic heterocycles. The Hall–Kier alpha value is -3.23. The predicted octanol–water partition coefficient (Wildman–Crippen LogP) is -2.27. The number of aliphatic carboxylic acids is 1. The van der Waals surface area contributed by atoms with E-state index in [-0.39, 0.29) is 49.9 Å². The van der Waals surface area contributed by atoms with E-state index in [4.69, 9.17) is 5.73 Å². The molecular formula is C31H52N8O9S3. The Morgan fingerprint density at radius 3 is 1.94 bits per heavy atom. The first kappa shape index (κ1) is 43.9. The molecule has 20 heteroatoms. The maximum atomic E-state index is 13.8. The van der Waals surface area contributed by atoms with E-state index in [2.05, 4.69) is 51.8 Å². The second-order valence-corrected chi connectivity index (χ2v) is 14.5. The van der Waals surface area contributed by atoms with Gasteiger partial charge in [0.1, 0.15) is 36.3 Å². The largest absolute Gasteiger partial charge is 0.480 e. The molecule has 0 aromatic carbocycles. The molecule has 6 atom stereocenters. The van der Waals surface area contributed by atoms with Crippen LogP contribution in [-0.4, -0.2) is 148 Å². The number of amides is 7. The number of carboxylic acid groups (broad SMARTS) is 1. The summed E-state index contributed by atoms with van der Waals surface area (Å²) in [6, 6.07) is -6.11. The van der Waals surface area contributed by atoms with E-state index in [1.807, 2.05) is 20.1 Å². The molecule has 51 heavy (non-hydrogen) atoms. The number of nitrogens with two attached hydrogens (primary N) is 1. The van der Waals surface area contributed by atoms with Gasteiger partial charge in [0.15, 0.2) is 0 Å². The average molecular weight is 777 g/mol. The normalized spacial score (nSPS) is 19.4. The van der Waals surface area contributed by atoms with E-state index in [9.17, 15) is 43.5 Å². The molecule has 8 N–H and O–H groups in total. The molecule has 0 aromatic heterocycles. The van der Waals surface area contributed by atoms with Gasteiger partial charge in [0, 0.05) is 24.6 Å². The van der Waals surface area contributed by atoms with Crippen LogP contribution in [0.4, 0.5) is 0 Å². The number of thiol groups is 2. The fourth-order valence-corrected chi connectivity index (χ4v) is 6.86. The molecule has 2 heterocycles. The van der Waals surface area contributed by atoms with Crippen LogP contribution in [0.15, 0.2) is 0 Å². The van der Waals surface area contributed by atoms with Crippen molar-refractivity contribution in [2.75, 3.05) is 49.7 Å². The zero-order chi connectivity index (χ0) is 38.2. The molecular weight excluding hydrogens is 725 g/mol. The van der Waals surface area contributed by atoms with Gasteiger partial charge in [-0.15, -0.1) is 0 Å². The molecule has 2 fully saturated rings. The Morgan fingerprint density at radius 2 is 1.37 bits per heavy atom. The zero-order valence-corrected chi connectivity index (χ0v) is 31.8. The minimum absolute atomic E-state index is 0.0356. The van der Waals surface area contributed by atoms with Gasteiger partial charge in [-0.25, -0.2) is 4.79 Å². The lowest BCUT2D eigenvalue weighted by Gasteiger charge is -2.33. The number of carboxylic acids is 1. The van der Waals surface area contributed by atoms with E-state index < -0.39 is 90.1 Å². The Labute approximate surface area is 313 Å². The van der Waals surface area contributed by atoms with Crippen LogP contribution in [0.1, 0.15) is 52.4 Å². The minimum atomic E-state index is -1.18. The summed E-state index contributed by atoms with van der Waals surface area (Å²) in [6.07, 6.45) is 3.96. The van der Waals surface area contributed by atoms with Crippen molar-refractivity contribution in [3.63, 3.8) is 0 Å². The summed E-state index contributed by atoms with van der Waals surface area (Å²) in [6.45, 7) is 3.40. The maximum absolute atomic E-state index is 13.8. The molecule has 2 aliphatic rings. The number of carbonyl (C=O) groups is 8. The molecule has 7 amide bonds. The molecule has 17 nitrogen and oxygen atoms in total. The van der Waals surface area contributed by atoms with Crippen molar-refractivity contribution >= 4 is 84.3 Å². The highest BCUT2D eigenvalue weighted by atomic mass is 32.2. The molecule has 0 spiro atoms. The summed E-state index contributed by atoms with van der Waals surface area (Å²) in [5.41, 5.74) is 5.33. The third-order valence-electron chi connectivity index (χ3n) is 8.48. The summed E-state index contributed by atoms with van der Waals surface area (Å²) in [7, 11) is 0. The van der Waals surface area contributed by atoms with Crippen LogP contribution < -0.4 is 32.3 Å². The highest BCUT2D eigenvalue weighted by molar-refractivity contribution is 7.98. The number of hydrogen-bond acceptors (Lipinski definition) is 12. The van der Waals surface area contributed by atoms with Gasteiger partial charge in [0.25, 0.3) is 0 Å². The first-order chi connectivity index (χ1) is 24.2. The van der Waals surface area contributed by atoms with Crippen LogP contribution in [0.5, 0.6) is 0 Å². The summed E-state index contributed by atoms with van der Waals surface area (Å²) in [5.74, 6) is -4.91. The Morgan fingerprint density at radius 1 is 0.804 bits per heavy atom. The van der Waals surface area contributed by atoms with Gasteiger partial charge in [0.05, 0.1) is 13.1 Å². The van der Waals surface area contributed by atoms with E-state index in [0.29, 0.717) is 31.4 Å². The topological polar surface area (TPSA) is 249 Å². The maximum Gasteiger partial charge on any atom is 0.326 e. The van der Waals surface area contributed by atoms with Crippen LogP contribution in [0.3, 0.4) is 0 Å². The smallest absolute Gasteiger partial charge is 0.326 e. The first-order valence-electron chi connectivity index (χ1n) is 16.9. The highest BCUT2D eigenvalue weighted by Crippen LogP contribution is 2.26. The van der Waals surface area contributed by atoms with Crippen molar-refractivity contribution < 1.29 is 43.5 Å². The zero-order valence-electron chi connectivity index (χ0n) is 29.2. The Bertz CT molecular complexity index is 1280. The lowest BCUT2D eigenvalue weighted by atomic mass is 10.0. The summed E-state index contributed by atoms with van der Waals surface area (Å²) in [5, 5.41) is 22.0. The van der Waals surface area contributed by atoms with E-state index in [1.165, 1.54) is 21.6 Å². The van der Waals surface area contributed by atoms with Crippen LogP contribution >= 0.6 is 37.0 Å². The quantitative estimate of drug-likeness (QED) is 0.0597. The molecule has 0 aliphatic carbocycles. The fourth-order valence-electron chi connectivity index (χ4n) is 5.89. The Kier molecular flexibility index (Phi) is 18.9. The summed E-state index contributed by atoms with van der Waals surface area (Å²) >= 11 is 9.84. The van der Waals surface area contributed by atoms with Crippen molar-refractivity contribution in [2.45, 2.75) is 88.6 Å². The molecule has 2 saturated heterocycles. The van der Waals surface area contributed by atoms with E-state index >= 15 is 0 Å². The molecule has 288 valence electrons. The van der Waals surface area contributed by atoms with Gasteiger partial charge in [-0.3, -0.25) is 33.6 Å².